The maximum Gasteiger partial charge on any atom is 0.264 e. The minimum atomic E-state index is -4.19. The predicted octanol–water partition coefficient (Wildman–Crippen LogP) is 7.36. The van der Waals surface area contributed by atoms with Gasteiger partial charge in [0.25, 0.3) is 10.0 Å². The van der Waals surface area contributed by atoms with E-state index in [4.69, 9.17) is 23.2 Å². The van der Waals surface area contributed by atoms with Crippen LogP contribution in [0.4, 0.5) is 5.69 Å². The number of sulfonamides is 1. The maximum absolute atomic E-state index is 14.6. The number of nitrogens with one attached hydrogen (secondary N) is 1. The van der Waals surface area contributed by atoms with Crippen molar-refractivity contribution in [3.8, 4) is 0 Å². The smallest absolute Gasteiger partial charge is 0.264 e. The van der Waals surface area contributed by atoms with Crippen LogP contribution in [0.15, 0.2) is 102 Å². The Kier molecular flexibility index (Phi) is 11.9. The van der Waals surface area contributed by atoms with Crippen molar-refractivity contribution in [3.63, 3.8) is 0 Å². The average molecular weight is 681 g/mol. The van der Waals surface area contributed by atoms with Crippen molar-refractivity contribution in [1.82, 2.24) is 10.2 Å². The molecular formula is C36H39Cl2N3O4S. The maximum atomic E-state index is 14.6. The molecule has 0 saturated heterocycles. The van der Waals surface area contributed by atoms with Gasteiger partial charge in [-0.2, -0.15) is 0 Å². The number of anilines is 1. The second-order valence-electron chi connectivity index (χ2n) is 11.3. The Labute approximate surface area is 282 Å². The number of halogens is 2. The van der Waals surface area contributed by atoms with Gasteiger partial charge in [0.1, 0.15) is 12.6 Å². The average Bonchev–Trinajstić information content (AvgIpc) is 3.04. The van der Waals surface area contributed by atoms with E-state index in [0.29, 0.717) is 27.7 Å². The monoisotopic (exact) mass is 679 g/mol. The minimum Gasteiger partial charge on any atom is -0.352 e. The number of amides is 2. The number of benzene rings is 4. The van der Waals surface area contributed by atoms with Crippen LogP contribution in [0.1, 0.15) is 42.5 Å². The lowest BCUT2D eigenvalue weighted by Crippen LogP contribution is -2.54. The Morgan fingerprint density at radius 2 is 1.52 bits per heavy atom. The molecule has 0 radical (unpaired) electrons. The third-order valence-electron chi connectivity index (χ3n) is 8.08. The molecule has 2 amide bonds. The third kappa shape index (κ3) is 8.49. The van der Waals surface area contributed by atoms with Crippen molar-refractivity contribution < 1.29 is 18.0 Å². The molecule has 0 bridgehead atoms. The van der Waals surface area contributed by atoms with Crippen molar-refractivity contribution in [1.29, 1.82) is 0 Å². The van der Waals surface area contributed by atoms with Crippen LogP contribution in [-0.2, 0) is 32.6 Å². The summed E-state index contributed by atoms with van der Waals surface area (Å²) in [6, 6.07) is 26.6. The normalized spacial score (nSPS) is 12.7. The SMILES string of the molecule is CCC(C)NC(=O)C(Cc1ccccc1)N(Cc1ccc(Cl)cc1Cl)C(=O)CN(c1cccc(C)c1C)S(=O)(=O)c1ccccc1. The summed E-state index contributed by atoms with van der Waals surface area (Å²) >= 11 is 12.8. The van der Waals surface area contributed by atoms with Crippen LogP contribution < -0.4 is 9.62 Å². The van der Waals surface area contributed by atoms with Crippen molar-refractivity contribution in [2.75, 3.05) is 10.8 Å². The molecule has 0 aromatic heterocycles. The molecule has 0 aliphatic rings. The number of carbonyl (C=O) groups is 2. The number of hydrogen-bond acceptors (Lipinski definition) is 4. The lowest BCUT2D eigenvalue weighted by molar-refractivity contribution is -0.140. The summed E-state index contributed by atoms with van der Waals surface area (Å²) in [5, 5.41) is 3.79. The van der Waals surface area contributed by atoms with Crippen molar-refractivity contribution in [2.45, 2.75) is 64.1 Å². The molecule has 0 saturated carbocycles. The summed E-state index contributed by atoms with van der Waals surface area (Å²) in [5.74, 6) is -0.910. The lowest BCUT2D eigenvalue weighted by Gasteiger charge is -2.35. The van der Waals surface area contributed by atoms with E-state index in [9.17, 15) is 18.0 Å². The molecule has 0 aliphatic carbocycles. The molecule has 4 aromatic carbocycles. The van der Waals surface area contributed by atoms with Crippen LogP contribution in [0.5, 0.6) is 0 Å². The highest BCUT2D eigenvalue weighted by Crippen LogP contribution is 2.30. The summed E-state index contributed by atoms with van der Waals surface area (Å²) in [5.41, 5.74) is 3.38. The highest BCUT2D eigenvalue weighted by Gasteiger charge is 2.35. The van der Waals surface area contributed by atoms with Crippen molar-refractivity contribution in [2.24, 2.45) is 0 Å². The first-order valence-corrected chi connectivity index (χ1v) is 17.3. The number of hydrogen-bond donors (Lipinski definition) is 1. The Bertz CT molecular complexity index is 1770. The van der Waals surface area contributed by atoms with Gasteiger partial charge in [-0.1, -0.05) is 96.9 Å². The number of aryl methyl sites for hydroxylation is 1. The van der Waals surface area contributed by atoms with E-state index in [-0.39, 0.29) is 29.8 Å². The highest BCUT2D eigenvalue weighted by atomic mass is 35.5. The zero-order chi connectivity index (χ0) is 33.4. The number of carbonyl (C=O) groups excluding carboxylic acids is 2. The second kappa shape index (κ2) is 15.6. The predicted molar refractivity (Wildman–Crippen MR) is 186 cm³/mol. The van der Waals surface area contributed by atoms with E-state index in [2.05, 4.69) is 5.32 Å². The summed E-state index contributed by atoms with van der Waals surface area (Å²) < 4.78 is 29.6. The Hall–Kier alpha value is -3.85. The first kappa shape index (κ1) is 35.0. The second-order valence-corrected chi connectivity index (χ2v) is 14.0. The van der Waals surface area contributed by atoms with E-state index < -0.39 is 28.5 Å². The molecule has 4 rings (SSSR count). The van der Waals surface area contributed by atoms with Gasteiger partial charge in [-0.05, 0) is 79.8 Å². The Morgan fingerprint density at radius 1 is 0.870 bits per heavy atom. The minimum absolute atomic E-state index is 0.0475. The number of rotatable bonds is 13. The van der Waals surface area contributed by atoms with Gasteiger partial charge in [-0.15, -0.1) is 0 Å². The van der Waals surface area contributed by atoms with Crippen LogP contribution in [0.25, 0.3) is 0 Å². The summed E-state index contributed by atoms with van der Waals surface area (Å²) in [7, 11) is -4.19. The first-order chi connectivity index (χ1) is 21.9. The molecule has 242 valence electrons. The third-order valence-corrected chi connectivity index (χ3v) is 10.4. The fourth-order valence-corrected chi connectivity index (χ4v) is 7.03. The largest absolute Gasteiger partial charge is 0.352 e. The van der Waals surface area contributed by atoms with Crippen LogP contribution >= 0.6 is 23.2 Å². The van der Waals surface area contributed by atoms with Gasteiger partial charge in [0.2, 0.25) is 11.8 Å². The van der Waals surface area contributed by atoms with Gasteiger partial charge in [-0.3, -0.25) is 13.9 Å². The molecule has 2 atom stereocenters. The van der Waals surface area contributed by atoms with Gasteiger partial charge in [0, 0.05) is 29.1 Å². The lowest BCUT2D eigenvalue weighted by atomic mass is 10.0. The van der Waals surface area contributed by atoms with E-state index in [0.717, 1.165) is 21.0 Å². The van der Waals surface area contributed by atoms with Crippen LogP contribution in [0, 0.1) is 13.8 Å². The zero-order valence-electron chi connectivity index (χ0n) is 26.4. The molecule has 1 N–H and O–H groups in total. The molecule has 0 heterocycles. The van der Waals surface area contributed by atoms with E-state index in [1.807, 2.05) is 64.1 Å². The van der Waals surface area contributed by atoms with E-state index in [1.165, 1.54) is 17.0 Å². The molecule has 46 heavy (non-hydrogen) atoms. The Balaban J connectivity index is 1.85. The highest BCUT2D eigenvalue weighted by molar-refractivity contribution is 7.92. The van der Waals surface area contributed by atoms with Gasteiger partial charge in [0.15, 0.2) is 0 Å². The molecule has 2 unspecified atom stereocenters. The van der Waals surface area contributed by atoms with Gasteiger partial charge < -0.3 is 10.2 Å². The topological polar surface area (TPSA) is 86.8 Å². The van der Waals surface area contributed by atoms with Gasteiger partial charge in [0.05, 0.1) is 10.6 Å². The summed E-state index contributed by atoms with van der Waals surface area (Å²) in [4.78, 5) is 30.1. The molecular weight excluding hydrogens is 641 g/mol. The van der Waals surface area contributed by atoms with Crippen LogP contribution in [0.3, 0.4) is 0 Å². The fourth-order valence-electron chi connectivity index (χ4n) is 5.07. The van der Waals surface area contributed by atoms with Gasteiger partial charge in [-0.25, -0.2) is 8.42 Å². The molecule has 7 nitrogen and oxygen atoms in total. The summed E-state index contributed by atoms with van der Waals surface area (Å²) in [6.45, 7) is 6.98. The van der Waals surface area contributed by atoms with E-state index >= 15 is 0 Å². The van der Waals surface area contributed by atoms with Crippen LogP contribution in [0.2, 0.25) is 10.0 Å². The van der Waals surface area contributed by atoms with Gasteiger partial charge >= 0.3 is 0 Å². The molecule has 0 aliphatic heterocycles. The van der Waals surface area contributed by atoms with Crippen LogP contribution in [-0.4, -0.2) is 43.8 Å². The Morgan fingerprint density at radius 3 is 2.15 bits per heavy atom. The molecule has 10 heteroatoms. The van der Waals surface area contributed by atoms with Crippen molar-refractivity contribution in [3.05, 3.63) is 129 Å². The fraction of sp³-hybridized carbons (Fsp3) is 0.278. The molecule has 0 spiro atoms. The van der Waals surface area contributed by atoms with Crippen molar-refractivity contribution >= 4 is 50.7 Å². The number of nitrogens with zero attached hydrogens (tertiary/aromatic N) is 2. The zero-order valence-corrected chi connectivity index (χ0v) is 28.7. The standard InChI is InChI=1S/C36H39Cl2N3O4S/c1-5-26(3)39-36(43)34(21-28-14-8-6-9-15-28)40(23-29-19-20-30(37)22-32(29)38)35(42)24-41(33-18-12-13-25(2)27(33)4)46(44,45)31-16-10-7-11-17-31/h6-20,22,26,34H,5,21,23-24H2,1-4H3,(H,39,43). The molecule has 0 fully saturated rings. The molecule has 4 aromatic rings. The van der Waals surface area contributed by atoms with E-state index in [1.54, 1.807) is 48.5 Å². The quantitative estimate of drug-likeness (QED) is 0.160. The summed E-state index contributed by atoms with van der Waals surface area (Å²) in [6.07, 6.45) is 0.894. The first-order valence-electron chi connectivity index (χ1n) is 15.1.